The van der Waals surface area contributed by atoms with Crippen molar-refractivity contribution in [2.45, 2.75) is 11.8 Å². The number of para-hydroxylation sites is 2. The van der Waals surface area contributed by atoms with Crippen LogP contribution in [0.15, 0.2) is 194 Å². The lowest BCUT2D eigenvalue weighted by Crippen LogP contribution is -2.32. The van der Waals surface area contributed by atoms with Gasteiger partial charge >= 0.3 is 0 Å². The van der Waals surface area contributed by atoms with Gasteiger partial charge in [-0.3, -0.25) is 0 Å². The van der Waals surface area contributed by atoms with Crippen molar-refractivity contribution >= 4 is 33.4 Å². The molecule has 1 heterocycles. The second-order valence-electron chi connectivity index (χ2n) is 15.1. The first-order valence-electron chi connectivity index (χ1n) is 19.4. The van der Waals surface area contributed by atoms with E-state index in [-0.39, 0.29) is 11.3 Å². The molecule has 3 aliphatic carbocycles. The average Bonchev–Trinajstić information content (AvgIpc) is 3.72. The van der Waals surface area contributed by atoms with E-state index in [0.717, 1.165) is 46.1 Å². The van der Waals surface area contributed by atoms with E-state index >= 15 is 0 Å². The van der Waals surface area contributed by atoms with Crippen molar-refractivity contribution in [3.63, 3.8) is 0 Å². The van der Waals surface area contributed by atoms with Gasteiger partial charge in [0.2, 0.25) is 0 Å². The van der Waals surface area contributed by atoms with Gasteiger partial charge in [0, 0.05) is 17.2 Å². The summed E-state index contributed by atoms with van der Waals surface area (Å²) < 4.78 is 14.1. The van der Waals surface area contributed by atoms with Gasteiger partial charge in [-0.05, 0) is 104 Å². The Hall–Kier alpha value is -7.10. The molecule has 0 bridgehead atoms. The molecule has 0 N–H and O–H groups in total. The molecule has 3 nitrogen and oxygen atoms in total. The monoisotopic (exact) mass is 717 g/mol. The molecule has 264 valence electrons. The Labute approximate surface area is 326 Å². The molecule has 4 aliphatic rings. The van der Waals surface area contributed by atoms with Crippen molar-refractivity contribution in [1.82, 2.24) is 0 Å². The number of benzene rings is 8. The number of hydrogen-bond donors (Lipinski definition) is 0. The van der Waals surface area contributed by atoms with Crippen LogP contribution in [-0.4, -0.2) is 0 Å². The van der Waals surface area contributed by atoms with Crippen LogP contribution < -0.4 is 14.4 Å². The zero-order chi connectivity index (χ0) is 36.8. The highest BCUT2D eigenvalue weighted by Crippen LogP contribution is 2.67. The third-order valence-corrected chi connectivity index (χ3v) is 12.3. The zero-order valence-corrected chi connectivity index (χ0v) is 30.5. The normalized spacial score (nSPS) is 17.8. The number of rotatable bonds is 4. The summed E-state index contributed by atoms with van der Waals surface area (Å²) in [5, 5.41) is 2.36. The molecule has 0 saturated heterocycles. The van der Waals surface area contributed by atoms with E-state index in [1.54, 1.807) is 0 Å². The van der Waals surface area contributed by atoms with E-state index in [2.05, 4.69) is 193 Å². The Balaban J connectivity index is 1.06. The highest BCUT2D eigenvalue weighted by molar-refractivity contribution is 5.96. The number of anilines is 3. The number of ether oxygens (including phenoxy) is 2. The van der Waals surface area contributed by atoms with Gasteiger partial charge in [0.1, 0.15) is 0 Å². The molecule has 8 aromatic rings. The summed E-state index contributed by atoms with van der Waals surface area (Å²) in [6.07, 6.45) is 7.86. The van der Waals surface area contributed by atoms with E-state index in [4.69, 9.17) is 9.47 Å². The van der Waals surface area contributed by atoms with Crippen molar-refractivity contribution < 1.29 is 9.47 Å². The van der Waals surface area contributed by atoms with Gasteiger partial charge in [0.15, 0.2) is 23.0 Å². The predicted octanol–water partition coefficient (Wildman–Crippen LogP) is 14.2. The van der Waals surface area contributed by atoms with Crippen molar-refractivity contribution in [2.75, 3.05) is 4.90 Å². The van der Waals surface area contributed by atoms with Crippen LogP contribution in [0.2, 0.25) is 0 Å². The van der Waals surface area contributed by atoms with E-state index in [0.29, 0.717) is 11.5 Å². The largest absolute Gasteiger partial charge is 0.449 e. The first-order valence-corrected chi connectivity index (χ1v) is 19.4. The Morgan fingerprint density at radius 2 is 1.18 bits per heavy atom. The minimum absolute atomic E-state index is 0.274. The van der Waals surface area contributed by atoms with Crippen molar-refractivity contribution in [3.05, 3.63) is 216 Å². The molecule has 56 heavy (non-hydrogen) atoms. The molecular weight excluding hydrogens is 683 g/mol. The average molecular weight is 718 g/mol. The number of hydrogen-bond acceptors (Lipinski definition) is 3. The summed E-state index contributed by atoms with van der Waals surface area (Å²) >= 11 is 0. The lowest BCUT2D eigenvalue weighted by molar-refractivity contribution is 0.359. The molecule has 0 fully saturated rings. The molecule has 0 saturated carbocycles. The smallest absolute Gasteiger partial charge is 0.194 e. The van der Waals surface area contributed by atoms with Gasteiger partial charge in [0.25, 0.3) is 0 Å². The Morgan fingerprint density at radius 3 is 2.05 bits per heavy atom. The Morgan fingerprint density at radius 1 is 0.482 bits per heavy atom. The summed E-state index contributed by atoms with van der Waals surface area (Å²) in [5.41, 5.74) is 14.1. The Bertz CT molecular complexity index is 2980. The third-order valence-electron chi connectivity index (χ3n) is 12.3. The van der Waals surface area contributed by atoms with Gasteiger partial charge in [-0.15, -0.1) is 0 Å². The molecule has 1 aliphatic heterocycles. The van der Waals surface area contributed by atoms with Gasteiger partial charge in [-0.2, -0.15) is 0 Å². The standard InChI is InChI=1S/C53H35NO2/c1-2-16-35(17-3-1)38-19-9-13-26-47(38)54(37-30-29-34-15-4-5-18-36(34)31-37)48-27-14-28-49-52(48)56-51-33-46-42(32-50(51)55-49)41-22-8-12-25-45(41)53(46)43-23-10-6-20-39(43)40-21-7-11-24-44(40)53/h1-23,25-33,44H,24H2. The molecule has 0 amide bonds. The molecule has 0 radical (unpaired) electrons. The molecule has 0 aromatic heterocycles. The first kappa shape index (κ1) is 31.3. The maximum absolute atomic E-state index is 7.22. The van der Waals surface area contributed by atoms with Crippen molar-refractivity contribution in [3.8, 4) is 45.3 Å². The molecule has 3 heteroatoms. The van der Waals surface area contributed by atoms with E-state index < -0.39 is 0 Å². The van der Waals surface area contributed by atoms with E-state index in [1.807, 2.05) is 6.07 Å². The van der Waals surface area contributed by atoms with Gasteiger partial charge in [0.05, 0.1) is 16.8 Å². The fraction of sp³-hybridized carbons (Fsp3) is 0.0566. The van der Waals surface area contributed by atoms with Crippen LogP contribution in [0.25, 0.3) is 38.6 Å². The minimum Gasteiger partial charge on any atom is -0.449 e. The predicted molar refractivity (Wildman–Crippen MR) is 228 cm³/mol. The molecule has 12 rings (SSSR count). The third kappa shape index (κ3) is 4.34. The number of allylic oxidation sites excluding steroid dienone is 4. The van der Waals surface area contributed by atoms with Crippen molar-refractivity contribution in [2.24, 2.45) is 5.92 Å². The molecule has 8 aromatic carbocycles. The number of fused-ring (bicyclic) bond motifs is 13. The SMILES string of the molecule is C1=CCC2C(=C1)c1ccccc1C21c2ccccc2-c2cc3c(cc21)Oc1c(cccc1N(c1ccc2ccccc2c1)c1ccccc1-c1ccccc1)O3. The van der Waals surface area contributed by atoms with E-state index in [1.165, 1.54) is 49.7 Å². The van der Waals surface area contributed by atoms with Gasteiger partial charge in [-0.1, -0.05) is 152 Å². The summed E-state index contributed by atoms with van der Waals surface area (Å²) in [6.45, 7) is 0. The van der Waals surface area contributed by atoms with E-state index in [9.17, 15) is 0 Å². The van der Waals surface area contributed by atoms with Crippen LogP contribution in [0.5, 0.6) is 23.0 Å². The fourth-order valence-corrected chi connectivity index (χ4v) is 10.1. The highest BCUT2D eigenvalue weighted by atomic mass is 16.6. The summed E-state index contributed by atoms with van der Waals surface area (Å²) in [4.78, 5) is 2.32. The van der Waals surface area contributed by atoms with Gasteiger partial charge in [-0.25, -0.2) is 0 Å². The maximum Gasteiger partial charge on any atom is 0.194 e. The molecular formula is C53H35NO2. The van der Waals surface area contributed by atoms with Crippen LogP contribution in [-0.2, 0) is 5.41 Å². The van der Waals surface area contributed by atoms with Gasteiger partial charge < -0.3 is 14.4 Å². The van der Waals surface area contributed by atoms with Crippen LogP contribution >= 0.6 is 0 Å². The molecule has 2 unspecified atom stereocenters. The summed E-state index contributed by atoms with van der Waals surface area (Å²) in [7, 11) is 0. The lowest BCUT2D eigenvalue weighted by Gasteiger charge is -2.36. The summed E-state index contributed by atoms with van der Waals surface area (Å²) in [6, 6.07) is 63.2. The second kappa shape index (κ2) is 11.9. The van der Waals surface area contributed by atoms with Crippen LogP contribution in [0, 0.1) is 5.92 Å². The highest BCUT2D eigenvalue weighted by Gasteiger charge is 2.56. The quantitative estimate of drug-likeness (QED) is 0.181. The second-order valence-corrected chi connectivity index (χ2v) is 15.1. The van der Waals surface area contributed by atoms with Crippen LogP contribution in [0.1, 0.15) is 28.7 Å². The van der Waals surface area contributed by atoms with Crippen LogP contribution in [0.4, 0.5) is 17.1 Å². The topological polar surface area (TPSA) is 21.7 Å². The first-order chi connectivity index (χ1) is 27.8. The minimum atomic E-state index is -0.344. The number of nitrogens with zero attached hydrogens (tertiary/aromatic N) is 1. The van der Waals surface area contributed by atoms with Crippen molar-refractivity contribution in [1.29, 1.82) is 0 Å². The van der Waals surface area contributed by atoms with Crippen LogP contribution in [0.3, 0.4) is 0 Å². The zero-order valence-electron chi connectivity index (χ0n) is 30.5. The fourth-order valence-electron chi connectivity index (χ4n) is 10.1. The Kier molecular flexibility index (Phi) is 6.67. The maximum atomic E-state index is 7.22. The molecule has 2 atom stereocenters. The summed E-state index contributed by atoms with van der Waals surface area (Å²) in [5.74, 6) is 3.11. The molecule has 1 spiro atoms. The lowest BCUT2D eigenvalue weighted by atomic mass is 9.65.